The third kappa shape index (κ3) is 2.55. The van der Waals surface area contributed by atoms with Gasteiger partial charge in [0.25, 0.3) is 0 Å². The second-order valence-electron chi connectivity index (χ2n) is 4.97. The summed E-state index contributed by atoms with van der Waals surface area (Å²) in [4.78, 5) is 12.1. The molecule has 1 saturated carbocycles. The van der Waals surface area contributed by atoms with Gasteiger partial charge in [0.2, 0.25) is 5.91 Å². The van der Waals surface area contributed by atoms with Crippen LogP contribution in [0.25, 0.3) is 0 Å². The molecule has 0 saturated heterocycles. The predicted octanol–water partition coefficient (Wildman–Crippen LogP) is 4.25. The summed E-state index contributed by atoms with van der Waals surface area (Å²) in [5.74, 6) is -1.47. The Morgan fingerprint density at radius 2 is 1.89 bits per heavy atom. The van der Waals surface area contributed by atoms with Crippen LogP contribution >= 0.6 is 15.9 Å². The van der Waals surface area contributed by atoms with Crippen LogP contribution in [-0.2, 0) is 4.79 Å². The van der Waals surface area contributed by atoms with Gasteiger partial charge in [0.15, 0.2) is 0 Å². The van der Waals surface area contributed by atoms with Gasteiger partial charge in [-0.15, -0.1) is 0 Å². The van der Waals surface area contributed by atoms with E-state index in [0.717, 1.165) is 37.8 Å². The molecule has 0 aliphatic heterocycles. The van der Waals surface area contributed by atoms with Gasteiger partial charge in [0.05, 0.1) is 10.2 Å². The van der Waals surface area contributed by atoms with Gasteiger partial charge < -0.3 is 5.32 Å². The van der Waals surface area contributed by atoms with Gasteiger partial charge in [-0.3, -0.25) is 4.79 Å². The molecule has 0 spiro atoms. The minimum absolute atomic E-state index is 0.0464. The molecule has 1 fully saturated rings. The number of carbonyl (C=O) groups excluding carboxylic acids is 1. The third-order valence-corrected chi connectivity index (χ3v) is 4.12. The van der Waals surface area contributed by atoms with Gasteiger partial charge >= 0.3 is 0 Å². The number of amides is 1. The van der Waals surface area contributed by atoms with Crippen molar-refractivity contribution in [3.63, 3.8) is 0 Å². The average molecular weight is 318 g/mol. The van der Waals surface area contributed by atoms with Crippen molar-refractivity contribution in [2.24, 2.45) is 5.41 Å². The van der Waals surface area contributed by atoms with Gasteiger partial charge in [-0.25, -0.2) is 8.78 Å². The molecule has 98 valence electrons. The van der Waals surface area contributed by atoms with Crippen molar-refractivity contribution in [3.05, 3.63) is 28.2 Å². The molecule has 1 N–H and O–H groups in total. The molecule has 0 heterocycles. The Morgan fingerprint density at radius 3 is 2.50 bits per heavy atom. The highest BCUT2D eigenvalue weighted by Gasteiger charge is 2.36. The van der Waals surface area contributed by atoms with Gasteiger partial charge in [0, 0.05) is 11.5 Å². The molecule has 0 unspecified atom stereocenters. The highest BCUT2D eigenvalue weighted by atomic mass is 79.9. The van der Waals surface area contributed by atoms with Gasteiger partial charge in [-0.1, -0.05) is 19.8 Å². The highest BCUT2D eigenvalue weighted by molar-refractivity contribution is 9.10. The Hall–Kier alpha value is -0.970. The maximum Gasteiger partial charge on any atom is 0.230 e. The summed E-state index contributed by atoms with van der Waals surface area (Å²) in [6.07, 6.45) is 3.58. The topological polar surface area (TPSA) is 29.1 Å². The average Bonchev–Trinajstić information content (AvgIpc) is 2.74. The van der Waals surface area contributed by atoms with Crippen LogP contribution < -0.4 is 5.32 Å². The van der Waals surface area contributed by atoms with Gasteiger partial charge in [-0.2, -0.15) is 0 Å². The largest absolute Gasteiger partial charge is 0.323 e. The molecule has 0 atom stereocenters. The molecule has 0 aromatic heterocycles. The maximum atomic E-state index is 13.6. The summed E-state index contributed by atoms with van der Waals surface area (Å²) in [5.41, 5.74) is -0.565. The molecule has 1 aromatic carbocycles. The van der Waals surface area contributed by atoms with E-state index in [1.165, 1.54) is 0 Å². The fourth-order valence-corrected chi connectivity index (χ4v) is 2.59. The number of benzene rings is 1. The predicted molar refractivity (Wildman–Crippen MR) is 69.3 cm³/mol. The second-order valence-corrected chi connectivity index (χ2v) is 5.82. The van der Waals surface area contributed by atoms with Crippen LogP contribution in [0.2, 0.25) is 0 Å². The monoisotopic (exact) mass is 317 g/mol. The van der Waals surface area contributed by atoms with Crippen molar-refractivity contribution >= 4 is 27.5 Å². The van der Waals surface area contributed by atoms with Crippen molar-refractivity contribution in [2.45, 2.75) is 32.6 Å². The van der Waals surface area contributed by atoms with Gasteiger partial charge in [0.1, 0.15) is 11.6 Å². The molecule has 1 aliphatic rings. The van der Waals surface area contributed by atoms with Crippen LogP contribution in [0.5, 0.6) is 0 Å². The van der Waals surface area contributed by atoms with E-state index in [9.17, 15) is 13.6 Å². The van der Waals surface area contributed by atoms with Crippen molar-refractivity contribution in [1.82, 2.24) is 0 Å². The Labute approximate surface area is 113 Å². The van der Waals surface area contributed by atoms with Crippen molar-refractivity contribution in [1.29, 1.82) is 0 Å². The summed E-state index contributed by atoms with van der Waals surface area (Å²) < 4.78 is 27.0. The zero-order valence-electron chi connectivity index (χ0n) is 10.0. The molecule has 5 heteroatoms. The van der Waals surface area contributed by atoms with Gasteiger partial charge in [-0.05, 0) is 34.8 Å². The number of carbonyl (C=O) groups is 1. The fourth-order valence-electron chi connectivity index (χ4n) is 2.27. The standard InChI is InChI=1S/C13H14BrF2NO/c1-13(4-2-3-5-13)12(18)17-11-7-9(15)8(14)6-10(11)16/h6-7H,2-5H2,1H3,(H,17,18). The van der Waals surface area contributed by atoms with E-state index in [2.05, 4.69) is 21.2 Å². The number of nitrogens with one attached hydrogen (secondary N) is 1. The van der Waals surface area contributed by atoms with Crippen LogP contribution in [-0.4, -0.2) is 5.91 Å². The first kappa shape index (κ1) is 13.5. The Kier molecular flexibility index (Phi) is 3.71. The summed E-state index contributed by atoms with van der Waals surface area (Å²) in [7, 11) is 0. The van der Waals surface area contributed by atoms with E-state index in [0.29, 0.717) is 0 Å². The summed E-state index contributed by atoms with van der Waals surface area (Å²) in [5, 5.41) is 2.49. The minimum Gasteiger partial charge on any atom is -0.323 e. The number of halogens is 3. The van der Waals surface area contributed by atoms with E-state index in [-0.39, 0.29) is 16.1 Å². The molecule has 2 rings (SSSR count). The quantitative estimate of drug-likeness (QED) is 0.812. The lowest BCUT2D eigenvalue weighted by Crippen LogP contribution is -2.31. The lowest BCUT2D eigenvalue weighted by Gasteiger charge is -2.22. The van der Waals surface area contributed by atoms with E-state index >= 15 is 0 Å². The zero-order valence-corrected chi connectivity index (χ0v) is 11.6. The molecule has 0 radical (unpaired) electrons. The zero-order chi connectivity index (χ0) is 13.3. The van der Waals surface area contributed by atoms with Crippen LogP contribution in [0, 0.1) is 17.0 Å². The third-order valence-electron chi connectivity index (χ3n) is 3.51. The Bertz CT molecular complexity index is 484. The Morgan fingerprint density at radius 1 is 1.28 bits per heavy atom. The number of hydrogen-bond acceptors (Lipinski definition) is 1. The number of hydrogen-bond donors (Lipinski definition) is 1. The van der Waals surface area contributed by atoms with Crippen molar-refractivity contribution in [3.8, 4) is 0 Å². The molecule has 1 aliphatic carbocycles. The van der Waals surface area contributed by atoms with Crippen molar-refractivity contribution in [2.75, 3.05) is 5.32 Å². The first-order valence-corrected chi connectivity index (χ1v) is 6.68. The fraction of sp³-hybridized carbons (Fsp3) is 0.462. The minimum atomic E-state index is -0.641. The van der Waals surface area contributed by atoms with Crippen LogP contribution in [0.4, 0.5) is 14.5 Å². The first-order valence-electron chi connectivity index (χ1n) is 5.88. The second kappa shape index (κ2) is 4.96. The molecular formula is C13H14BrF2NO. The lowest BCUT2D eigenvalue weighted by atomic mass is 9.88. The summed E-state index contributed by atoms with van der Waals surface area (Å²) >= 11 is 2.90. The Balaban J connectivity index is 2.19. The van der Waals surface area contributed by atoms with E-state index < -0.39 is 17.0 Å². The summed E-state index contributed by atoms with van der Waals surface area (Å²) in [6.45, 7) is 1.86. The van der Waals surface area contributed by atoms with E-state index in [1.807, 2.05) is 6.92 Å². The van der Waals surface area contributed by atoms with Crippen molar-refractivity contribution < 1.29 is 13.6 Å². The smallest absolute Gasteiger partial charge is 0.230 e. The molecular weight excluding hydrogens is 304 g/mol. The molecule has 1 aromatic rings. The van der Waals surface area contributed by atoms with Crippen LogP contribution in [0.3, 0.4) is 0 Å². The summed E-state index contributed by atoms with van der Waals surface area (Å²) in [6, 6.07) is 2.01. The van der Waals surface area contributed by atoms with Crippen LogP contribution in [0.15, 0.2) is 16.6 Å². The molecule has 18 heavy (non-hydrogen) atoms. The van der Waals surface area contributed by atoms with E-state index in [1.54, 1.807) is 0 Å². The number of anilines is 1. The SMILES string of the molecule is CC1(C(=O)Nc2cc(F)c(Br)cc2F)CCCC1. The first-order chi connectivity index (χ1) is 8.42. The molecule has 2 nitrogen and oxygen atoms in total. The number of rotatable bonds is 2. The normalized spacial score (nSPS) is 17.8. The highest BCUT2D eigenvalue weighted by Crippen LogP contribution is 2.38. The molecule has 0 bridgehead atoms. The maximum absolute atomic E-state index is 13.6. The van der Waals surface area contributed by atoms with E-state index in [4.69, 9.17) is 0 Å². The lowest BCUT2D eigenvalue weighted by molar-refractivity contribution is -0.124. The molecule has 1 amide bonds. The van der Waals surface area contributed by atoms with Crippen LogP contribution in [0.1, 0.15) is 32.6 Å².